The molecule has 0 radical (unpaired) electrons. The van der Waals surface area contributed by atoms with Gasteiger partial charge in [-0.1, -0.05) is 19.9 Å². The standard InChI is InChI=1S/C21H28N6O4S/c1-11(2)15(13-6-4-8-32-13)26-19-16-20(24-9-23-19)27(10-25-16)21-18(30)17(29)12(31-21)5-3-7-14(22)28/h4,6,8-12,15,17-18,21,29-30H,3,5,7H2,1-2H3,(H2,22,28)(H,23,24,26)/t12-,15?,17?,18?,21-/m1/s1. The van der Waals surface area contributed by atoms with E-state index in [0.717, 1.165) is 0 Å². The molecular formula is C21H28N6O4S. The summed E-state index contributed by atoms with van der Waals surface area (Å²) in [6.45, 7) is 4.27. The Kier molecular flexibility index (Phi) is 6.70. The number of carbonyl (C=O) groups excluding carboxylic acids is 1. The second-order valence-corrected chi connectivity index (χ2v) is 9.31. The van der Waals surface area contributed by atoms with Crippen molar-refractivity contribution in [1.82, 2.24) is 19.5 Å². The van der Waals surface area contributed by atoms with Crippen LogP contribution in [0.25, 0.3) is 11.2 Å². The highest BCUT2D eigenvalue weighted by Gasteiger charge is 2.44. The van der Waals surface area contributed by atoms with Crippen LogP contribution in [0.1, 0.15) is 50.3 Å². The number of hydrogen-bond acceptors (Lipinski definition) is 9. The average Bonchev–Trinajstić information content (AvgIpc) is 3.48. The van der Waals surface area contributed by atoms with Crippen LogP contribution in [0.2, 0.25) is 0 Å². The fourth-order valence-corrected chi connectivity index (χ4v) is 4.95. The summed E-state index contributed by atoms with van der Waals surface area (Å²) in [6, 6.07) is 4.16. The van der Waals surface area contributed by atoms with Crippen molar-refractivity contribution in [2.45, 2.75) is 63.7 Å². The van der Waals surface area contributed by atoms with Gasteiger partial charge in [-0.2, -0.15) is 0 Å². The molecule has 0 saturated carbocycles. The molecule has 3 aromatic rings. The lowest BCUT2D eigenvalue weighted by Gasteiger charge is -2.22. The molecule has 5 atom stereocenters. The number of nitrogens with two attached hydrogens (primary N) is 1. The van der Waals surface area contributed by atoms with Gasteiger partial charge in [0.15, 0.2) is 23.2 Å². The first-order valence-corrected chi connectivity index (χ1v) is 11.5. The molecule has 4 rings (SSSR count). The molecule has 0 spiro atoms. The highest BCUT2D eigenvalue weighted by Crippen LogP contribution is 2.35. The van der Waals surface area contributed by atoms with Gasteiger partial charge in [0, 0.05) is 11.3 Å². The number of primary amides is 1. The number of rotatable bonds is 9. The van der Waals surface area contributed by atoms with Crippen molar-refractivity contribution in [2.24, 2.45) is 11.7 Å². The van der Waals surface area contributed by atoms with Crippen molar-refractivity contribution in [1.29, 1.82) is 0 Å². The smallest absolute Gasteiger partial charge is 0.217 e. The maximum Gasteiger partial charge on any atom is 0.217 e. The molecule has 3 aromatic heterocycles. The normalized spacial score (nSPS) is 24.3. The SMILES string of the molecule is CC(C)C(Nc1ncnc2c1ncn2[C@@H]1O[C@H](CCCC(N)=O)C(O)C1O)c1cccs1. The van der Waals surface area contributed by atoms with Crippen molar-refractivity contribution in [3.05, 3.63) is 35.0 Å². The molecule has 1 fully saturated rings. The molecule has 1 aliphatic rings. The lowest BCUT2D eigenvalue weighted by Crippen LogP contribution is -2.31. The number of nitrogens with zero attached hydrogens (tertiary/aromatic N) is 4. The van der Waals surface area contributed by atoms with Crippen LogP contribution in [0.3, 0.4) is 0 Å². The van der Waals surface area contributed by atoms with E-state index in [1.807, 2.05) is 11.4 Å². The first-order chi connectivity index (χ1) is 15.4. The predicted molar refractivity (Wildman–Crippen MR) is 120 cm³/mol. The van der Waals surface area contributed by atoms with Gasteiger partial charge in [0.1, 0.15) is 18.5 Å². The van der Waals surface area contributed by atoms with E-state index < -0.39 is 30.4 Å². The maximum absolute atomic E-state index is 11.0. The molecule has 4 heterocycles. The van der Waals surface area contributed by atoms with E-state index in [2.05, 4.69) is 40.2 Å². The molecule has 10 nitrogen and oxygen atoms in total. The van der Waals surface area contributed by atoms with Gasteiger partial charge in [-0.25, -0.2) is 15.0 Å². The summed E-state index contributed by atoms with van der Waals surface area (Å²) in [5, 5.41) is 26.6. The first kappa shape index (κ1) is 22.6. The Morgan fingerprint density at radius 2 is 2.12 bits per heavy atom. The monoisotopic (exact) mass is 460 g/mol. The van der Waals surface area contributed by atoms with Crippen LogP contribution in [-0.4, -0.2) is 54.0 Å². The summed E-state index contributed by atoms with van der Waals surface area (Å²) in [5.74, 6) is 0.498. The zero-order valence-electron chi connectivity index (χ0n) is 18.0. The van der Waals surface area contributed by atoms with Crippen molar-refractivity contribution >= 4 is 34.2 Å². The minimum atomic E-state index is -1.16. The second-order valence-electron chi connectivity index (χ2n) is 8.33. The molecular weight excluding hydrogens is 432 g/mol. The Morgan fingerprint density at radius 1 is 1.31 bits per heavy atom. The van der Waals surface area contributed by atoms with E-state index >= 15 is 0 Å². The number of aromatic nitrogens is 4. The van der Waals surface area contributed by atoms with Gasteiger partial charge in [-0.15, -0.1) is 11.3 Å². The Morgan fingerprint density at radius 3 is 2.81 bits per heavy atom. The summed E-state index contributed by atoms with van der Waals surface area (Å²) < 4.78 is 7.54. The van der Waals surface area contributed by atoms with Gasteiger partial charge in [-0.3, -0.25) is 9.36 Å². The number of thiophene rings is 1. The van der Waals surface area contributed by atoms with E-state index in [1.54, 1.807) is 15.9 Å². The van der Waals surface area contributed by atoms with Gasteiger partial charge < -0.3 is 26.0 Å². The number of amides is 1. The molecule has 1 amide bonds. The largest absolute Gasteiger partial charge is 0.388 e. The number of aliphatic hydroxyl groups excluding tert-OH is 2. The number of carbonyl (C=O) groups is 1. The van der Waals surface area contributed by atoms with Crippen LogP contribution in [-0.2, 0) is 9.53 Å². The third-order valence-electron chi connectivity index (χ3n) is 5.69. The van der Waals surface area contributed by atoms with E-state index in [9.17, 15) is 15.0 Å². The Labute approximate surface area is 189 Å². The van der Waals surface area contributed by atoms with Gasteiger partial charge >= 0.3 is 0 Å². The summed E-state index contributed by atoms with van der Waals surface area (Å²) in [4.78, 5) is 25.4. The molecule has 1 saturated heterocycles. The quantitative estimate of drug-likeness (QED) is 0.379. The molecule has 3 unspecified atom stereocenters. The number of fused-ring (bicyclic) bond motifs is 1. The fraction of sp³-hybridized carbons (Fsp3) is 0.524. The van der Waals surface area contributed by atoms with Crippen LogP contribution in [0.15, 0.2) is 30.2 Å². The number of anilines is 1. The Bertz CT molecular complexity index is 1060. The minimum absolute atomic E-state index is 0.0584. The summed E-state index contributed by atoms with van der Waals surface area (Å²) in [7, 11) is 0. The van der Waals surface area contributed by atoms with E-state index in [0.29, 0.717) is 35.7 Å². The van der Waals surface area contributed by atoms with Crippen LogP contribution in [0, 0.1) is 5.92 Å². The fourth-order valence-electron chi connectivity index (χ4n) is 4.00. The van der Waals surface area contributed by atoms with E-state index in [4.69, 9.17) is 10.5 Å². The lowest BCUT2D eigenvalue weighted by atomic mass is 10.0. The van der Waals surface area contributed by atoms with Crippen molar-refractivity contribution in [3.8, 4) is 0 Å². The molecule has 0 bridgehead atoms. The predicted octanol–water partition coefficient (Wildman–Crippen LogP) is 1.97. The van der Waals surface area contributed by atoms with Crippen LogP contribution < -0.4 is 11.1 Å². The summed E-state index contributed by atoms with van der Waals surface area (Å²) in [6.07, 6.45) is 0.332. The van der Waals surface area contributed by atoms with Gasteiger partial charge in [-0.05, 0) is 30.2 Å². The third-order valence-corrected chi connectivity index (χ3v) is 6.65. The topological polar surface area (TPSA) is 148 Å². The van der Waals surface area contributed by atoms with Gasteiger partial charge in [0.25, 0.3) is 0 Å². The molecule has 172 valence electrons. The molecule has 32 heavy (non-hydrogen) atoms. The minimum Gasteiger partial charge on any atom is -0.388 e. The van der Waals surface area contributed by atoms with Crippen LogP contribution in [0.4, 0.5) is 5.82 Å². The number of imidazole rings is 1. The highest BCUT2D eigenvalue weighted by molar-refractivity contribution is 7.10. The Balaban J connectivity index is 1.57. The molecule has 5 N–H and O–H groups in total. The first-order valence-electron chi connectivity index (χ1n) is 10.6. The zero-order chi connectivity index (χ0) is 22.8. The number of hydrogen-bond donors (Lipinski definition) is 4. The van der Waals surface area contributed by atoms with Gasteiger partial charge in [0.2, 0.25) is 5.91 Å². The number of nitrogens with one attached hydrogen (secondary N) is 1. The number of ether oxygens (including phenoxy) is 1. The lowest BCUT2D eigenvalue weighted by molar-refractivity contribution is -0.118. The second kappa shape index (κ2) is 9.49. The third kappa shape index (κ3) is 4.46. The van der Waals surface area contributed by atoms with Crippen LogP contribution in [0.5, 0.6) is 0 Å². The molecule has 0 aromatic carbocycles. The van der Waals surface area contributed by atoms with E-state index in [-0.39, 0.29) is 12.5 Å². The zero-order valence-corrected chi connectivity index (χ0v) is 18.8. The summed E-state index contributed by atoms with van der Waals surface area (Å²) >= 11 is 1.68. The molecule has 11 heteroatoms. The number of aliphatic hydroxyl groups is 2. The van der Waals surface area contributed by atoms with Crippen molar-refractivity contribution in [3.63, 3.8) is 0 Å². The summed E-state index contributed by atoms with van der Waals surface area (Å²) in [5.41, 5.74) is 6.22. The van der Waals surface area contributed by atoms with Crippen LogP contribution >= 0.6 is 11.3 Å². The van der Waals surface area contributed by atoms with Gasteiger partial charge in [0.05, 0.1) is 18.5 Å². The molecule has 0 aliphatic carbocycles. The average molecular weight is 461 g/mol. The van der Waals surface area contributed by atoms with Crippen molar-refractivity contribution < 1.29 is 19.7 Å². The highest BCUT2D eigenvalue weighted by atomic mass is 32.1. The maximum atomic E-state index is 11.0. The molecule has 1 aliphatic heterocycles. The Hall–Kier alpha value is -2.60. The van der Waals surface area contributed by atoms with E-state index in [1.165, 1.54) is 17.5 Å². The van der Waals surface area contributed by atoms with Crippen molar-refractivity contribution in [2.75, 3.05) is 5.32 Å².